The maximum absolute atomic E-state index is 12.7. The van der Waals surface area contributed by atoms with Crippen LogP contribution in [0.2, 0.25) is 0 Å². The second-order valence-electron chi connectivity index (χ2n) is 5.53. The zero-order chi connectivity index (χ0) is 14.3. The van der Waals surface area contributed by atoms with Gasteiger partial charge in [-0.25, -0.2) is 0 Å². The van der Waals surface area contributed by atoms with E-state index in [4.69, 9.17) is 0 Å². The van der Waals surface area contributed by atoms with Crippen LogP contribution in [0.25, 0.3) is 0 Å². The Morgan fingerprint density at radius 1 is 1.50 bits per heavy atom. The van der Waals surface area contributed by atoms with E-state index in [9.17, 15) is 14.9 Å². The third-order valence-electron chi connectivity index (χ3n) is 3.97. The van der Waals surface area contributed by atoms with Gasteiger partial charge in [-0.3, -0.25) is 14.9 Å². The molecular weight excluding hydrogens is 260 g/mol. The van der Waals surface area contributed by atoms with Gasteiger partial charge in [-0.05, 0) is 19.8 Å². The molecule has 0 radical (unpaired) electrons. The fraction of sp³-hybridized carbons (Fsp3) is 0.615. The predicted octanol–water partition coefficient (Wildman–Crippen LogP) is 1.17. The largest absolute Gasteiger partial charge is 0.334 e. The lowest BCUT2D eigenvalue weighted by Gasteiger charge is -2.34. The number of hydrogen-bond acceptors (Lipinski definition) is 4. The molecule has 2 heterocycles. The molecule has 108 valence electrons. The second-order valence-corrected chi connectivity index (χ2v) is 5.53. The Bertz CT molecular complexity index is 550. The van der Waals surface area contributed by atoms with Crippen molar-refractivity contribution in [3.05, 3.63) is 28.1 Å². The van der Waals surface area contributed by atoms with Crippen LogP contribution in [-0.4, -0.2) is 46.0 Å². The van der Waals surface area contributed by atoms with Crippen molar-refractivity contribution in [2.24, 2.45) is 0 Å². The van der Waals surface area contributed by atoms with Crippen molar-refractivity contribution < 1.29 is 9.72 Å². The molecule has 1 amide bonds. The van der Waals surface area contributed by atoms with E-state index in [0.29, 0.717) is 12.2 Å². The minimum atomic E-state index is -0.434. The van der Waals surface area contributed by atoms with E-state index < -0.39 is 4.92 Å². The number of nitrogens with zero attached hydrogens (tertiary/aromatic N) is 3. The van der Waals surface area contributed by atoms with E-state index >= 15 is 0 Å². The normalized spacial score (nSPS) is 22.9. The third kappa shape index (κ3) is 2.29. The van der Waals surface area contributed by atoms with Gasteiger partial charge in [0.05, 0.1) is 11.1 Å². The van der Waals surface area contributed by atoms with E-state index in [0.717, 1.165) is 25.9 Å². The molecule has 1 saturated heterocycles. The smallest absolute Gasteiger partial charge is 0.287 e. The van der Waals surface area contributed by atoms with Crippen LogP contribution in [0.15, 0.2) is 12.3 Å². The van der Waals surface area contributed by atoms with Gasteiger partial charge in [-0.1, -0.05) is 0 Å². The van der Waals surface area contributed by atoms with Crippen LogP contribution in [0.5, 0.6) is 0 Å². The van der Waals surface area contributed by atoms with Gasteiger partial charge in [0.2, 0.25) is 0 Å². The first-order valence-corrected chi connectivity index (χ1v) is 6.96. The Balaban J connectivity index is 1.91. The molecule has 1 aromatic heterocycles. The monoisotopic (exact) mass is 278 g/mol. The fourth-order valence-corrected chi connectivity index (χ4v) is 2.68. The Morgan fingerprint density at radius 2 is 2.25 bits per heavy atom. The molecule has 7 nitrogen and oxygen atoms in total. The molecule has 0 unspecified atom stereocenters. The summed E-state index contributed by atoms with van der Waals surface area (Å²) in [6, 6.07) is 1.77. The van der Waals surface area contributed by atoms with E-state index in [1.54, 1.807) is 9.47 Å². The summed E-state index contributed by atoms with van der Waals surface area (Å²) in [5.74, 6) is -0.0981. The lowest BCUT2D eigenvalue weighted by molar-refractivity contribution is -0.384. The maximum Gasteiger partial charge on any atom is 0.287 e. The van der Waals surface area contributed by atoms with E-state index in [1.165, 1.54) is 12.3 Å². The van der Waals surface area contributed by atoms with Gasteiger partial charge in [-0.15, -0.1) is 0 Å². The highest BCUT2D eigenvalue weighted by Crippen LogP contribution is 2.38. The van der Waals surface area contributed by atoms with Crippen LogP contribution < -0.4 is 5.32 Å². The molecule has 1 aliphatic carbocycles. The molecule has 2 fully saturated rings. The average molecular weight is 278 g/mol. The topological polar surface area (TPSA) is 80.4 Å². The zero-order valence-electron chi connectivity index (χ0n) is 11.4. The lowest BCUT2D eigenvalue weighted by atomic mass is 10.2. The lowest BCUT2D eigenvalue weighted by Crippen LogP contribution is -2.52. The van der Waals surface area contributed by atoms with E-state index in [2.05, 4.69) is 5.32 Å². The number of hydrogen-bond donors (Lipinski definition) is 1. The van der Waals surface area contributed by atoms with Gasteiger partial charge >= 0.3 is 0 Å². The number of piperazine rings is 1. The molecule has 3 rings (SSSR count). The van der Waals surface area contributed by atoms with Crippen molar-refractivity contribution in [3.8, 4) is 0 Å². The predicted molar refractivity (Wildman–Crippen MR) is 72.7 cm³/mol. The fourth-order valence-electron chi connectivity index (χ4n) is 2.68. The van der Waals surface area contributed by atoms with Crippen LogP contribution in [0, 0.1) is 10.1 Å². The Morgan fingerprint density at radius 3 is 2.85 bits per heavy atom. The Labute approximate surface area is 116 Å². The molecule has 0 aromatic carbocycles. The van der Waals surface area contributed by atoms with Crippen molar-refractivity contribution in [3.63, 3.8) is 0 Å². The highest BCUT2D eigenvalue weighted by atomic mass is 16.6. The number of nitrogens with one attached hydrogen (secondary N) is 1. The summed E-state index contributed by atoms with van der Waals surface area (Å²) in [5, 5.41) is 14.2. The second kappa shape index (κ2) is 4.90. The summed E-state index contributed by atoms with van der Waals surface area (Å²) < 4.78 is 1.79. The van der Waals surface area contributed by atoms with Crippen LogP contribution in [0.3, 0.4) is 0 Å². The summed E-state index contributed by atoms with van der Waals surface area (Å²) in [5.41, 5.74) is 0.455. The van der Waals surface area contributed by atoms with Gasteiger partial charge < -0.3 is 14.8 Å². The number of carbonyl (C=O) groups excluding carboxylic acids is 1. The summed E-state index contributed by atoms with van der Waals surface area (Å²) >= 11 is 0. The molecule has 1 atom stereocenters. The minimum Gasteiger partial charge on any atom is -0.334 e. The molecule has 1 aliphatic heterocycles. The summed E-state index contributed by atoms with van der Waals surface area (Å²) in [7, 11) is 0. The molecule has 0 spiro atoms. The Kier molecular flexibility index (Phi) is 3.21. The highest BCUT2D eigenvalue weighted by molar-refractivity contribution is 5.94. The van der Waals surface area contributed by atoms with Crippen molar-refractivity contribution >= 4 is 11.6 Å². The zero-order valence-corrected chi connectivity index (χ0v) is 11.4. The van der Waals surface area contributed by atoms with Crippen LogP contribution in [0.4, 0.5) is 5.69 Å². The van der Waals surface area contributed by atoms with Crippen molar-refractivity contribution in [2.45, 2.75) is 31.8 Å². The summed E-state index contributed by atoms with van der Waals surface area (Å²) in [6.45, 7) is 4.16. The third-order valence-corrected chi connectivity index (χ3v) is 3.97. The molecule has 1 aromatic rings. The van der Waals surface area contributed by atoms with Crippen LogP contribution in [-0.2, 0) is 0 Å². The molecule has 1 N–H and O–H groups in total. The first kappa shape index (κ1) is 13.1. The molecule has 1 saturated carbocycles. The van der Waals surface area contributed by atoms with Gasteiger partial charge in [0.15, 0.2) is 0 Å². The van der Waals surface area contributed by atoms with E-state index in [-0.39, 0.29) is 23.7 Å². The van der Waals surface area contributed by atoms with Crippen molar-refractivity contribution in [1.29, 1.82) is 0 Å². The molecule has 7 heteroatoms. The van der Waals surface area contributed by atoms with Crippen LogP contribution >= 0.6 is 0 Å². The number of nitro groups is 1. The maximum atomic E-state index is 12.7. The van der Waals surface area contributed by atoms with Crippen molar-refractivity contribution in [1.82, 2.24) is 14.8 Å². The number of rotatable bonds is 3. The molecule has 0 bridgehead atoms. The van der Waals surface area contributed by atoms with Gasteiger partial charge in [0.25, 0.3) is 11.6 Å². The number of carbonyl (C=O) groups is 1. The quantitative estimate of drug-likeness (QED) is 0.664. The van der Waals surface area contributed by atoms with E-state index in [1.807, 2.05) is 6.92 Å². The molecular formula is C13H18N4O3. The number of amides is 1. The summed E-state index contributed by atoms with van der Waals surface area (Å²) in [4.78, 5) is 25.0. The van der Waals surface area contributed by atoms with Gasteiger partial charge in [-0.2, -0.15) is 0 Å². The molecule has 20 heavy (non-hydrogen) atoms. The van der Waals surface area contributed by atoms with Gasteiger partial charge in [0, 0.05) is 37.8 Å². The minimum absolute atomic E-state index is 0.00281. The highest BCUT2D eigenvalue weighted by Gasteiger charge is 2.33. The standard InChI is InChI=1S/C13H18N4O3/c1-9-7-14-4-5-15(9)13(18)12-6-11(17(19)20)8-16(12)10-2-3-10/h6,8-10,14H,2-5,7H2,1H3/t9-/m0/s1. The first-order valence-electron chi connectivity index (χ1n) is 6.96. The van der Waals surface area contributed by atoms with Gasteiger partial charge in [0.1, 0.15) is 5.69 Å². The first-order chi connectivity index (χ1) is 9.58. The van der Waals surface area contributed by atoms with Crippen LogP contribution in [0.1, 0.15) is 36.3 Å². The SMILES string of the molecule is C[C@H]1CNCCN1C(=O)c1cc([N+](=O)[O-])cn1C1CC1. The number of aromatic nitrogens is 1. The Hall–Kier alpha value is -1.89. The molecule has 2 aliphatic rings. The average Bonchev–Trinajstić information content (AvgIpc) is 3.17. The van der Waals surface area contributed by atoms with Crippen molar-refractivity contribution in [2.75, 3.05) is 19.6 Å². The summed E-state index contributed by atoms with van der Waals surface area (Å²) in [6.07, 6.45) is 3.48.